The number of ether oxygens (including phenoxy) is 1. The number of nitrogens with two attached hydrogens (primary N) is 1. The van der Waals surface area contributed by atoms with Gasteiger partial charge in [0.1, 0.15) is 0 Å². The molecule has 0 aliphatic heterocycles. The highest BCUT2D eigenvalue weighted by Gasteiger charge is 2.28. The van der Waals surface area contributed by atoms with Crippen LogP contribution in [0.2, 0.25) is 0 Å². The molecule has 19 heavy (non-hydrogen) atoms. The lowest BCUT2D eigenvalue weighted by Gasteiger charge is -2.37. The van der Waals surface area contributed by atoms with Gasteiger partial charge in [-0.3, -0.25) is 0 Å². The molecule has 0 unspecified atom stereocenters. The summed E-state index contributed by atoms with van der Waals surface area (Å²) >= 11 is 0. The molecule has 0 saturated carbocycles. The molecule has 0 aromatic heterocycles. The van der Waals surface area contributed by atoms with Gasteiger partial charge in [0.2, 0.25) is 0 Å². The zero-order chi connectivity index (χ0) is 14.6. The topological polar surface area (TPSA) is 75.8 Å². The van der Waals surface area contributed by atoms with Gasteiger partial charge < -0.3 is 20.5 Å². The quantitative estimate of drug-likeness (QED) is 0.626. The molecule has 0 atom stereocenters. The van der Waals surface area contributed by atoms with Crippen molar-refractivity contribution >= 4 is 17.3 Å². The SMILES string of the molecule is CCOC(=O)c1cccc(N)c1N(C)C(C)(C)CO. The predicted octanol–water partition coefficient (Wildman–Crippen LogP) is 1.65. The minimum atomic E-state index is -0.531. The Morgan fingerprint density at radius 2 is 2.11 bits per heavy atom. The number of carbonyl (C=O) groups is 1. The molecular weight excluding hydrogens is 244 g/mol. The first kappa shape index (κ1) is 15.3. The van der Waals surface area contributed by atoms with Crippen LogP contribution in [0.4, 0.5) is 11.4 Å². The van der Waals surface area contributed by atoms with Gasteiger partial charge in [0.15, 0.2) is 0 Å². The van der Waals surface area contributed by atoms with E-state index in [1.54, 1.807) is 37.1 Å². The molecule has 1 aromatic rings. The van der Waals surface area contributed by atoms with Gasteiger partial charge in [-0.15, -0.1) is 0 Å². The monoisotopic (exact) mass is 266 g/mol. The molecule has 0 aliphatic carbocycles. The van der Waals surface area contributed by atoms with Crippen molar-refractivity contribution < 1.29 is 14.6 Å². The molecule has 0 spiro atoms. The number of hydrogen-bond donors (Lipinski definition) is 2. The van der Waals surface area contributed by atoms with Crippen molar-refractivity contribution in [2.45, 2.75) is 26.3 Å². The second-order valence-corrected chi connectivity index (χ2v) is 4.99. The number of esters is 1. The Bertz CT molecular complexity index is 458. The molecule has 0 fully saturated rings. The summed E-state index contributed by atoms with van der Waals surface area (Å²) in [6.07, 6.45) is 0. The summed E-state index contributed by atoms with van der Waals surface area (Å²) in [7, 11) is 1.80. The first-order valence-electron chi connectivity index (χ1n) is 6.25. The van der Waals surface area contributed by atoms with Crippen LogP contribution < -0.4 is 10.6 Å². The highest BCUT2D eigenvalue weighted by molar-refractivity contribution is 5.99. The maximum absolute atomic E-state index is 12.0. The van der Waals surface area contributed by atoms with Crippen LogP contribution in [0.3, 0.4) is 0 Å². The van der Waals surface area contributed by atoms with E-state index < -0.39 is 11.5 Å². The average Bonchev–Trinajstić information content (AvgIpc) is 2.37. The van der Waals surface area contributed by atoms with Gasteiger partial charge in [-0.05, 0) is 32.9 Å². The van der Waals surface area contributed by atoms with Gasteiger partial charge in [0.05, 0.1) is 35.7 Å². The third-order valence-electron chi connectivity index (χ3n) is 3.19. The number of rotatable bonds is 5. The summed E-state index contributed by atoms with van der Waals surface area (Å²) in [5.74, 6) is -0.412. The van der Waals surface area contributed by atoms with Crippen LogP contribution in [-0.2, 0) is 4.74 Å². The number of aliphatic hydroxyl groups is 1. The number of nitrogens with zero attached hydrogens (tertiary/aromatic N) is 1. The normalized spacial score (nSPS) is 11.2. The zero-order valence-corrected chi connectivity index (χ0v) is 11.9. The van der Waals surface area contributed by atoms with E-state index in [-0.39, 0.29) is 6.61 Å². The van der Waals surface area contributed by atoms with Gasteiger partial charge in [0.25, 0.3) is 0 Å². The Hall–Kier alpha value is -1.75. The van der Waals surface area contributed by atoms with Crippen LogP contribution in [0.15, 0.2) is 18.2 Å². The second-order valence-electron chi connectivity index (χ2n) is 4.99. The molecule has 3 N–H and O–H groups in total. The molecule has 5 nitrogen and oxygen atoms in total. The number of anilines is 2. The van der Waals surface area contributed by atoms with E-state index in [0.29, 0.717) is 23.5 Å². The Morgan fingerprint density at radius 1 is 1.47 bits per heavy atom. The molecule has 0 amide bonds. The van der Waals surface area contributed by atoms with Gasteiger partial charge in [-0.1, -0.05) is 6.07 Å². The molecule has 106 valence electrons. The van der Waals surface area contributed by atoms with E-state index in [9.17, 15) is 9.90 Å². The largest absolute Gasteiger partial charge is 0.462 e. The van der Waals surface area contributed by atoms with Crippen molar-refractivity contribution in [3.05, 3.63) is 23.8 Å². The van der Waals surface area contributed by atoms with E-state index >= 15 is 0 Å². The summed E-state index contributed by atoms with van der Waals surface area (Å²) in [6.45, 7) is 5.74. The molecule has 5 heteroatoms. The van der Waals surface area contributed by atoms with Crippen molar-refractivity contribution in [2.24, 2.45) is 0 Å². The van der Waals surface area contributed by atoms with E-state index in [4.69, 9.17) is 10.5 Å². The number of carbonyl (C=O) groups excluding carboxylic acids is 1. The molecule has 0 heterocycles. The van der Waals surface area contributed by atoms with Gasteiger partial charge >= 0.3 is 5.97 Å². The average molecular weight is 266 g/mol. The Balaban J connectivity index is 3.29. The van der Waals surface area contributed by atoms with E-state index in [1.165, 1.54) is 0 Å². The first-order valence-corrected chi connectivity index (χ1v) is 6.25. The number of nitrogen functional groups attached to an aromatic ring is 1. The number of likely N-dealkylation sites (N-methyl/N-ethyl adjacent to an activating group) is 1. The minimum absolute atomic E-state index is 0.0555. The van der Waals surface area contributed by atoms with Crippen LogP contribution in [-0.4, -0.2) is 36.9 Å². The Labute approximate surface area is 114 Å². The van der Waals surface area contributed by atoms with Crippen molar-refractivity contribution in [1.82, 2.24) is 0 Å². The fraction of sp³-hybridized carbons (Fsp3) is 0.500. The minimum Gasteiger partial charge on any atom is -0.462 e. The smallest absolute Gasteiger partial charge is 0.340 e. The van der Waals surface area contributed by atoms with E-state index in [2.05, 4.69) is 0 Å². The summed E-state index contributed by atoms with van der Waals surface area (Å²) in [6, 6.07) is 5.11. The standard InChI is InChI=1S/C14H22N2O3/c1-5-19-13(18)10-7-6-8-11(15)12(10)16(4)14(2,3)9-17/h6-8,17H,5,9,15H2,1-4H3. The van der Waals surface area contributed by atoms with E-state index in [0.717, 1.165) is 0 Å². The summed E-state index contributed by atoms with van der Waals surface area (Å²) < 4.78 is 5.04. The lowest BCUT2D eigenvalue weighted by Crippen LogP contribution is -2.45. The second kappa shape index (κ2) is 5.93. The Kier molecular flexibility index (Phi) is 4.78. The molecular formula is C14H22N2O3. The highest BCUT2D eigenvalue weighted by Crippen LogP contribution is 2.32. The lowest BCUT2D eigenvalue weighted by atomic mass is 10.0. The number of benzene rings is 1. The van der Waals surface area contributed by atoms with Crippen LogP contribution in [0.1, 0.15) is 31.1 Å². The summed E-state index contributed by atoms with van der Waals surface area (Å²) in [5.41, 5.74) is 6.92. The summed E-state index contributed by atoms with van der Waals surface area (Å²) in [5, 5.41) is 9.45. The van der Waals surface area contributed by atoms with Gasteiger partial charge in [-0.25, -0.2) is 4.79 Å². The zero-order valence-electron chi connectivity index (χ0n) is 11.9. The van der Waals surface area contributed by atoms with Crippen LogP contribution in [0, 0.1) is 0 Å². The van der Waals surface area contributed by atoms with Crippen LogP contribution in [0.5, 0.6) is 0 Å². The third-order valence-corrected chi connectivity index (χ3v) is 3.19. The number of hydrogen-bond acceptors (Lipinski definition) is 5. The highest BCUT2D eigenvalue weighted by atomic mass is 16.5. The molecule has 1 aromatic carbocycles. The molecule has 0 aliphatic rings. The van der Waals surface area contributed by atoms with Crippen molar-refractivity contribution in [3.8, 4) is 0 Å². The number of para-hydroxylation sites is 1. The lowest BCUT2D eigenvalue weighted by molar-refractivity contribution is 0.0526. The maximum Gasteiger partial charge on any atom is 0.340 e. The van der Waals surface area contributed by atoms with Crippen LogP contribution >= 0.6 is 0 Å². The number of aliphatic hydroxyl groups excluding tert-OH is 1. The van der Waals surface area contributed by atoms with Gasteiger partial charge in [0, 0.05) is 7.05 Å². The molecule has 0 radical (unpaired) electrons. The van der Waals surface area contributed by atoms with Crippen molar-refractivity contribution in [3.63, 3.8) is 0 Å². The predicted molar refractivity (Wildman–Crippen MR) is 76.4 cm³/mol. The maximum atomic E-state index is 12.0. The first-order chi connectivity index (χ1) is 8.85. The van der Waals surface area contributed by atoms with Gasteiger partial charge in [-0.2, -0.15) is 0 Å². The molecule has 1 rings (SSSR count). The Morgan fingerprint density at radius 3 is 2.63 bits per heavy atom. The molecule has 0 bridgehead atoms. The van der Waals surface area contributed by atoms with Crippen LogP contribution in [0.25, 0.3) is 0 Å². The fourth-order valence-electron chi connectivity index (χ4n) is 1.72. The van der Waals surface area contributed by atoms with Crippen molar-refractivity contribution in [1.29, 1.82) is 0 Å². The van der Waals surface area contributed by atoms with E-state index in [1.807, 2.05) is 13.8 Å². The molecule has 0 saturated heterocycles. The fourth-order valence-corrected chi connectivity index (χ4v) is 1.72. The third kappa shape index (κ3) is 3.17. The summed E-state index contributed by atoms with van der Waals surface area (Å²) in [4.78, 5) is 13.8. The van der Waals surface area contributed by atoms with Crippen molar-refractivity contribution in [2.75, 3.05) is 30.9 Å².